The summed E-state index contributed by atoms with van der Waals surface area (Å²) in [6, 6.07) is 25.3. The highest BCUT2D eigenvalue weighted by Crippen LogP contribution is 2.39. The van der Waals surface area contributed by atoms with Crippen molar-refractivity contribution in [2.75, 3.05) is 18.6 Å². The van der Waals surface area contributed by atoms with Crippen LogP contribution in [0.4, 0.5) is 23.7 Å². The van der Waals surface area contributed by atoms with Crippen molar-refractivity contribution in [3.8, 4) is 17.2 Å². The van der Waals surface area contributed by atoms with E-state index in [1.807, 2.05) is 18.2 Å². The summed E-state index contributed by atoms with van der Waals surface area (Å²) in [5.74, 6) is 1.76. The molecule has 0 aromatic heterocycles. The maximum absolute atomic E-state index is 13.7. The molecule has 2 amide bonds. The van der Waals surface area contributed by atoms with Crippen LogP contribution in [0.2, 0.25) is 5.02 Å². The molecule has 5 rings (SSSR count). The standard InChI is InChI=1S/C30H24ClF3N2O3/c1-38-28-8-3-2-5-21(28)18-35-19-27(20-6-4-7-22(17-20)30(32,33)34)36(29(35)37)24-11-15-26(16-12-24)39-25-13-9-23(31)10-14-25/h2-17,27H,18-19H2,1H3. The summed E-state index contributed by atoms with van der Waals surface area (Å²) in [7, 11) is 1.55. The second-order valence-corrected chi connectivity index (χ2v) is 9.47. The molecule has 1 saturated heterocycles. The molecule has 1 atom stereocenters. The van der Waals surface area contributed by atoms with Gasteiger partial charge in [-0.25, -0.2) is 4.79 Å². The first kappa shape index (κ1) is 26.4. The van der Waals surface area contributed by atoms with Gasteiger partial charge in [-0.15, -0.1) is 0 Å². The molecule has 200 valence electrons. The number of hydrogen-bond donors (Lipinski definition) is 0. The van der Waals surface area contributed by atoms with Crippen LogP contribution >= 0.6 is 11.6 Å². The van der Waals surface area contributed by atoms with Crippen LogP contribution in [0, 0.1) is 0 Å². The van der Waals surface area contributed by atoms with E-state index in [0.29, 0.717) is 33.5 Å². The van der Waals surface area contributed by atoms with Crippen molar-refractivity contribution in [1.82, 2.24) is 4.90 Å². The Kier molecular flexibility index (Phi) is 7.39. The Hall–Kier alpha value is -4.17. The maximum Gasteiger partial charge on any atom is 0.416 e. The topological polar surface area (TPSA) is 42.0 Å². The molecule has 1 aliphatic heterocycles. The highest BCUT2D eigenvalue weighted by molar-refractivity contribution is 6.30. The number of nitrogens with zero attached hydrogens (tertiary/aromatic N) is 2. The summed E-state index contributed by atoms with van der Waals surface area (Å²) in [5, 5.41) is 0.587. The molecule has 1 fully saturated rings. The van der Waals surface area contributed by atoms with Gasteiger partial charge in [0.05, 0.1) is 25.3 Å². The van der Waals surface area contributed by atoms with E-state index in [9.17, 15) is 18.0 Å². The number of urea groups is 1. The van der Waals surface area contributed by atoms with Crippen LogP contribution in [-0.4, -0.2) is 24.6 Å². The lowest BCUT2D eigenvalue weighted by atomic mass is 10.0. The molecule has 0 aliphatic carbocycles. The van der Waals surface area contributed by atoms with Gasteiger partial charge < -0.3 is 14.4 Å². The third-order valence-electron chi connectivity index (χ3n) is 6.50. The fourth-order valence-electron chi connectivity index (χ4n) is 4.61. The lowest BCUT2D eigenvalue weighted by Crippen LogP contribution is -2.32. The minimum Gasteiger partial charge on any atom is -0.496 e. The zero-order chi connectivity index (χ0) is 27.6. The monoisotopic (exact) mass is 552 g/mol. The molecule has 0 spiro atoms. The Bertz CT molecular complexity index is 1460. The number of alkyl halides is 3. The van der Waals surface area contributed by atoms with E-state index < -0.39 is 17.8 Å². The smallest absolute Gasteiger partial charge is 0.416 e. The Morgan fingerprint density at radius 2 is 1.56 bits per heavy atom. The number of rotatable bonds is 7. The number of benzene rings is 4. The van der Waals surface area contributed by atoms with Gasteiger partial charge in [-0.2, -0.15) is 13.2 Å². The highest BCUT2D eigenvalue weighted by atomic mass is 35.5. The first-order chi connectivity index (χ1) is 18.7. The van der Waals surface area contributed by atoms with Crippen molar-refractivity contribution in [3.05, 3.63) is 119 Å². The van der Waals surface area contributed by atoms with E-state index in [2.05, 4.69) is 0 Å². The van der Waals surface area contributed by atoms with Gasteiger partial charge in [-0.05, 0) is 72.3 Å². The lowest BCUT2D eigenvalue weighted by molar-refractivity contribution is -0.137. The summed E-state index contributed by atoms with van der Waals surface area (Å²) in [5.41, 5.74) is 0.961. The molecule has 5 nitrogen and oxygen atoms in total. The van der Waals surface area contributed by atoms with Crippen molar-refractivity contribution in [1.29, 1.82) is 0 Å². The normalized spacial score (nSPS) is 15.5. The number of carbonyl (C=O) groups is 1. The van der Waals surface area contributed by atoms with Crippen LogP contribution in [0.3, 0.4) is 0 Å². The summed E-state index contributed by atoms with van der Waals surface area (Å²) < 4.78 is 51.9. The molecule has 39 heavy (non-hydrogen) atoms. The second-order valence-electron chi connectivity index (χ2n) is 9.03. The zero-order valence-corrected chi connectivity index (χ0v) is 21.6. The summed E-state index contributed by atoms with van der Waals surface area (Å²) in [4.78, 5) is 16.9. The van der Waals surface area contributed by atoms with Gasteiger partial charge in [0.25, 0.3) is 0 Å². The molecule has 4 aromatic rings. The van der Waals surface area contributed by atoms with Gasteiger partial charge in [0.15, 0.2) is 0 Å². The summed E-state index contributed by atoms with van der Waals surface area (Å²) in [6.07, 6.45) is -4.50. The van der Waals surface area contributed by atoms with Gasteiger partial charge in [0, 0.05) is 22.8 Å². The Morgan fingerprint density at radius 3 is 2.23 bits per heavy atom. The van der Waals surface area contributed by atoms with Crippen LogP contribution in [0.1, 0.15) is 22.7 Å². The van der Waals surface area contributed by atoms with E-state index in [1.54, 1.807) is 72.7 Å². The van der Waals surface area contributed by atoms with Gasteiger partial charge in [-0.1, -0.05) is 41.9 Å². The zero-order valence-electron chi connectivity index (χ0n) is 20.9. The Morgan fingerprint density at radius 1 is 0.897 bits per heavy atom. The van der Waals surface area contributed by atoms with E-state index in [0.717, 1.165) is 17.7 Å². The predicted molar refractivity (Wildman–Crippen MR) is 143 cm³/mol. The third kappa shape index (κ3) is 5.81. The van der Waals surface area contributed by atoms with Crippen LogP contribution in [0.5, 0.6) is 17.2 Å². The average molecular weight is 553 g/mol. The molecule has 9 heteroatoms. The quantitative estimate of drug-likeness (QED) is 0.231. The number of methoxy groups -OCH3 is 1. The molecule has 0 bridgehead atoms. The molecule has 1 unspecified atom stereocenters. The molecular weight excluding hydrogens is 529 g/mol. The first-order valence-electron chi connectivity index (χ1n) is 12.1. The fraction of sp³-hybridized carbons (Fsp3) is 0.167. The second kappa shape index (κ2) is 10.9. The molecule has 0 radical (unpaired) electrons. The highest BCUT2D eigenvalue weighted by Gasteiger charge is 2.40. The SMILES string of the molecule is COc1ccccc1CN1CC(c2cccc(C(F)(F)F)c2)N(c2ccc(Oc3ccc(Cl)cc3)cc2)C1=O. The van der Waals surface area contributed by atoms with Gasteiger partial charge >= 0.3 is 12.2 Å². The van der Waals surface area contributed by atoms with Crippen molar-refractivity contribution in [2.24, 2.45) is 0 Å². The van der Waals surface area contributed by atoms with E-state index >= 15 is 0 Å². The van der Waals surface area contributed by atoms with Gasteiger partial charge in [0.1, 0.15) is 17.2 Å². The number of anilines is 1. The molecule has 1 aliphatic rings. The predicted octanol–water partition coefficient (Wildman–Crippen LogP) is 8.34. The van der Waals surface area contributed by atoms with Gasteiger partial charge in [-0.3, -0.25) is 4.90 Å². The molecule has 1 heterocycles. The van der Waals surface area contributed by atoms with Crippen LogP contribution < -0.4 is 14.4 Å². The van der Waals surface area contributed by atoms with Crippen molar-refractivity contribution >= 4 is 23.3 Å². The molecule has 0 N–H and O–H groups in total. The van der Waals surface area contributed by atoms with Crippen LogP contribution in [-0.2, 0) is 12.7 Å². The maximum atomic E-state index is 13.7. The minimum atomic E-state index is -4.50. The number of ether oxygens (including phenoxy) is 2. The van der Waals surface area contributed by atoms with Crippen LogP contribution in [0.15, 0.2) is 97.1 Å². The molecule has 0 saturated carbocycles. The first-order valence-corrected chi connectivity index (χ1v) is 12.5. The summed E-state index contributed by atoms with van der Waals surface area (Å²) >= 11 is 5.93. The molecular formula is C30H24ClF3N2O3. The van der Waals surface area contributed by atoms with Crippen LogP contribution in [0.25, 0.3) is 0 Å². The Balaban J connectivity index is 1.47. The largest absolute Gasteiger partial charge is 0.496 e. The minimum absolute atomic E-state index is 0.196. The van der Waals surface area contributed by atoms with Crippen molar-refractivity contribution in [2.45, 2.75) is 18.8 Å². The number of halogens is 4. The lowest BCUT2D eigenvalue weighted by Gasteiger charge is -2.24. The number of amides is 2. The van der Waals surface area contributed by atoms with E-state index in [4.69, 9.17) is 21.1 Å². The average Bonchev–Trinajstić information content (AvgIpc) is 3.26. The van der Waals surface area contributed by atoms with Crippen molar-refractivity contribution < 1.29 is 27.4 Å². The number of hydrogen-bond acceptors (Lipinski definition) is 3. The molecule has 4 aromatic carbocycles. The third-order valence-corrected chi connectivity index (χ3v) is 6.75. The van der Waals surface area contributed by atoms with E-state index in [1.165, 1.54) is 11.0 Å². The van der Waals surface area contributed by atoms with Gasteiger partial charge in [0.2, 0.25) is 0 Å². The Labute approximate surface area is 228 Å². The summed E-state index contributed by atoms with van der Waals surface area (Å²) in [6.45, 7) is 0.438. The fourth-order valence-corrected chi connectivity index (χ4v) is 4.73. The van der Waals surface area contributed by atoms with Crippen molar-refractivity contribution in [3.63, 3.8) is 0 Å². The number of carbonyl (C=O) groups excluding carboxylic acids is 1. The van der Waals surface area contributed by atoms with E-state index in [-0.39, 0.29) is 19.1 Å². The number of para-hydroxylation sites is 1.